The topological polar surface area (TPSA) is 99.5 Å². The van der Waals surface area contributed by atoms with Gasteiger partial charge in [-0.25, -0.2) is 0 Å². The molecule has 2 fully saturated rings. The first kappa shape index (κ1) is 23.3. The van der Waals surface area contributed by atoms with Crippen molar-refractivity contribution in [1.29, 1.82) is 0 Å². The summed E-state index contributed by atoms with van der Waals surface area (Å²) in [5, 5.41) is 21.6. The van der Waals surface area contributed by atoms with Crippen LogP contribution in [0.4, 0.5) is 0 Å². The minimum Gasteiger partial charge on any atom is -0.507 e. The van der Waals surface area contributed by atoms with Crippen LogP contribution in [0, 0.1) is 0 Å². The molecule has 0 bridgehead atoms. The number of aliphatic hydroxyl groups excluding tert-OH is 1. The highest BCUT2D eigenvalue weighted by Crippen LogP contribution is 2.41. The van der Waals surface area contributed by atoms with Gasteiger partial charge in [-0.05, 0) is 29.8 Å². The lowest BCUT2D eigenvalue weighted by molar-refractivity contribution is -0.140. The summed E-state index contributed by atoms with van der Waals surface area (Å²) in [7, 11) is 1.46. The number of rotatable bonds is 6. The number of methoxy groups -OCH3 is 1. The number of carbonyl (C=O) groups excluding carboxylic acids is 2. The summed E-state index contributed by atoms with van der Waals surface area (Å²) in [4.78, 5) is 29.9. The summed E-state index contributed by atoms with van der Waals surface area (Å²) >= 11 is 3.45. The number of amides is 1. The average Bonchev–Trinajstić information content (AvgIpc) is 3.07. The zero-order valence-electron chi connectivity index (χ0n) is 18.2. The lowest BCUT2D eigenvalue weighted by Crippen LogP contribution is -2.42. The minimum absolute atomic E-state index is 0.0551. The van der Waals surface area contributed by atoms with Crippen molar-refractivity contribution in [3.8, 4) is 11.5 Å². The first-order valence-corrected chi connectivity index (χ1v) is 11.4. The van der Waals surface area contributed by atoms with Crippen LogP contribution >= 0.6 is 15.9 Å². The van der Waals surface area contributed by atoms with Gasteiger partial charge in [-0.2, -0.15) is 0 Å². The van der Waals surface area contributed by atoms with E-state index in [4.69, 9.17) is 9.47 Å². The molecule has 9 heteroatoms. The molecule has 1 unspecified atom stereocenters. The molecule has 0 radical (unpaired) electrons. The number of hydrogen-bond acceptors (Lipinski definition) is 7. The van der Waals surface area contributed by atoms with Crippen LogP contribution in [0.2, 0.25) is 0 Å². The van der Waals surface area contributed by atoms with E-state index in [1.807, 2.05) is 24.3 Å². The quantitative estimate of drug-likeness (QED) is 0.346. The van der Waals surface area contributed by atoms with E-state index in [-0.39, 0.29) is 16.9 Å². The second-order valence-corrected chi connectivity index (χ2v) is 8.80. The predicted octanol–water partition coefficient (Wildman–Crippen LogP) is 2.92. The van der Waals surface area contributed by atoms with Crippen LogP contribution in [0.5, 0.6) is 11.5 Å². The van der Waals surface area contributed by atoms with Crippen molar-refractivity contribution < 1.29 is 29.3 Å². The van der Waals surface area contributed by atoms with Gasteiger partial charge in [0.25, 0.3) is 11.7 Å². The maximum atomic E-state index is 13.1. The van der Waals surface area contributed by atoms with Crippen molar-refractivity contribution in [2.45, 2.75) is 6.04 Å². The Hall–Kier alpha value is -2.88. The van der Waals surface area contributed by atoms with E-state index in [0.29, 0.717) is 37.6 Å². The summed E-state index contributed by atoms with van der Waals surface area (Å²) < 4.78 is 11.3. The number of aromatic hydroxyl groups is 1. The summed E-state index contributed by atoms with van der Waals surface area (Å²) in [5.74, 6) is -1.73. The van der Waals surface area contributed by atoms with Crippen molar-refractivity contribution in [3.05, 3.63) is 63.6 Å². The molecule has 8 nitrogen and oxygen atoms in total. The molecule has 0 saturated carbocycles. The number of hydrogen-bond donors (Lipinski definition) is 2. The average molecular weight is 517 g/mol. The standard InChI is InChI=1S/C24H25BrN2O6/c1-32-17-5-6-18(19(28)14-17)22(29)20-21(15-3-2-4-16(25)13-15)27(24(31)23(20)30)8-7-26-9-11-33-12-10-26/h2-6,13-14,21,28-29H,7-12H2,1H3/b22-20+. The lowest BCUT2D eigenvalue weighted by atomic mass is 9.95. The van der Waals surface area contributed by atoms with Crippen molar-refractivity contribution in [3.63, 3.8) is 0 Å². The third-order valence-corrected chi connectivity index (χ3v) is 6.42. The number of nitrogens with zero attached hydrogens (tertiary/aromatic N) is 2. The lowest BCUT2D eigenvalue weighted by Gasteiger charge is -2.31. The maximum absolute atomic E-state index is 13.1. The SMILES string of the molecule is COc1ccc(/C(O)=C2\C(=O)C(=O)N(CCN3CCOCC3)C2c2cccc(Br)c2)c(O)c1. The van der Waals surface area contributed by atoms with Gasteiger partial charge in [0.05, 0.1) is 37.5 Å². The van der Waals surface area contributed by atoms with E-state index in [9.17, 15) is 19.8 Å². The molecule has 1 amide bonds. The van der Waals surface area contributed by atoms with Gasteiger partial charge >= 0.3 is 0 Å². The van der Waals surface area contributed by atoms with E-state index >= 15 is 0 Å². The van der Waals surface area contributed by atoms with Crippen molar-refractivity contribution in [2.24, 2.45) is 0 Å². The van der Waals surface area contributed by atoms with Gasteiger partial charge < -0.3 is 24.6 Å². The van der Waals surface area contributed by atoms with E-state index < -0.39 is 23.5 Å². The molecule has 2 N–H and O–H groups in total. The Labute approximate surface area is 200 Å². The zero-order chi connectivity index (χ0) is 23.5. The Bertz CT molecular complexity index is 1100. The van der Waals surface area contributed by atoms with Crippen LogP contribution < -0.4 is 4.74 Å². The van der Waals surface area contributed by atoms with E-state index in [1.54, 1.807) is 6.07 Å². The highest BCUT2D eigenvalue weighted by atomic mass is 79.9. The highest BCUT2D eigenvalue weighted by molar-refractivity contribution is 9.10. The van der Waals surface area contributed by atoms with Crippen LogP contribution in [0.3, 0.4) is 0 Å². The van der Waals surface area contributed by atoms with E-state index in [1.165, 1.54) is 24.1 Å². The minimum atomic E-state index is -0.787. The summed E-state index contributed by atoms with van der Waals surface area (Å²) in [5.41, 5.74) is 0.683. The molecular weight excluding hydrogens is 492 g/mol. The maximum Gasteiger partial charge on any atom is 0.295 e. The van der Waals surface area contributed by atoms with Gasteiger partial charge in [0.2, 0.25) is 0 Å². The number of likely N-dealkylation sites (tertiary alicyclic amines) is 1. The number of ether oxygens (including phenoxy) is 2. The van der Waals surface area contributed by atoms with Gasteiger partial charge in [-0.1, -0.05) is 28.1 Å². The number of aliphatic hydroxyl groups is 1. The molecule has 174 valence electrons. The van der Waals surface area contributed by atoms with Crippen LogP contribution in [-0.2, 0) is 14.3 Å². The number of Topliss-reactive ketones (excluding diaryl/α,β-unsaturated/α-hetero) is 1. The first-order valence-electron chi connectivity index (χ1n) is 10.6. The Morgan fingerprint density at radius 1 is 1.15 bits per heavy atom. The van der Waals surface area contributed by atoms with Crippen LogP contribution in [-0.4, -0.2) is 78.2 Å². The molecule has 0 aromatic heterocycles. The Kier molecular flexibility index (Phi) is 7.02. The number of morpholine rings is 1. The third-order valence-electron chi connectivity index (χ3n) is 5.93. The second kappa shape index (κ2) is 9.94. The fourth-order valence-electron chi connectivity index (χ4n) is 4.19. The number of ketones is 1. The molecule has 4 rings (SSSR count). The summed E-state index contributed by atoms with van der Waals surface area (Å²) in [6.45, 7) is 3.66. The van der Waals surface area contributed by atoms with Gasteiger partial charge in [0, 0.05) is 36.7 Å². The molecule has 2 aliphatic heterocycles. The molecule has 1 atom stereocenters. The van der Waals surface area contributed by atoms with E-state index in [2.05, 4.69) is 20.8 Å². The zero-order valence-corrected chi connectivity index (χ0v) is 19.7. The van der Waals surface area contributed by atoms with E-state index in [0.717, 1.165) is 17.6 Å². The number of carbonyl (C=O) groups is 2. The van der Waals surface area contributed by atoms with Crippen LogP contribution in [0.25, 0.3) is 5.76 Å². The normalized spacial score (nSPS) is 20.9. The molecule has 2 aromatic rings. The van der Waals surface area contributed by atoms with Gasteiger partial charge in [0.15, 0.2) is 0 Å². The molecule has 0 aliphatic carbocycles. The molecule has 2 aliphatic rings. The first-order chi connectivity index (χ1) is 15.9. The van der Waals surface area contributed by atoms with Crippen molar-refractivity contribution in [2.75, 3.05) is 46.5 Å². The molecule has 0 spiro atoms. The number of phenols is 1. The summed E-state index contributed by atoms with van der Waals surface area (Å²) in [6, 6.07) is 10.9. The Balaban J connectivity index is 1.76. The predicted molar refractivity (Wildman–Crippen MR) is 125 cm³/mol. The summed E-state index contributed by atoms with van der Waals surface area (Å²) in [6.07, 6.45) is 0. The Morgan fingerprint density at radius 3 is 2.58 bits per heavy atom. The number of phenolic OH excluding ortho intramolecular Hbond substituents is 1. The van der Waals surface area contributed by atoms with Crippen molar-refractivity contribution in [1.82, 2.24) is 9.80 Å². The molecule has 33 heavy (non-hydrogen) atoms. The molecular formula is C24H25BrN2O6. The molecule has 2 heterocycles. The van der Waals surface area contributed by atoms with Gasteiger partial charge in [-0.15, -0.1) is 0 Å². The third kappa shape index (κ3) is 4.75. The van der Waals surface area contributed by atoms with Crippen LogP contribution in [0.1, 0.15) is 17.2 Å². The fraction of sp³-hybridized carbons (Fsp3) is 0.333. The number of benzene rings is 2. The second-order valence-electron chi connectivity index (χ2n) is 7.88. The van der Waals surface area contributed by atoms with Crippen molar-refractivity contribution >= 4 is 33.4 Å². The van der Waals surface area contributed by atoms with Crippen LogP contribution in [0.15, 0.2) is 52.5 Å². The molecule has 2 aromatic carbocycles. The smallest absolute Gasteiger partial charge is 0.295 e. The largest absolute Gasteiger partial charge is 0.507 e. The highest BCUT2D eigenvalue weighted by Gasteiger charge is 2.46. The van der Waals surface area contributed by atoms with Gasteiger partial charge in [0.1, 0.15) is 17.3 Å². The van der Waals surface area contributed by atoms with Gasteiger partial charge in [-0.3, -0.25) is 14.5 Å². The molecule has 2 saturated heterocycles. The number of halogens is 1. The fourth-order valence-corrected chi connectivity index (χ4v) is 4.61. The monoisotopic (exact) mass is 516 g/mol. The Morgan fingerprint density at radius 2 is 1.91 bits per heavy atom.